The average Bonchev–Trinajstić information content (AvgIpc) is 3.73. The molecule has 55 heavy (non-hydrogen) atoms. The van der Waals surface area contributed by atoms with Crippen molar-refractivity contribution in [2.24, 2.45) is 35.0 Å². The molecule has 2 heterocycles. The molecule has 12 nitrogen and oxygen atoms in total. The van der Waals surface area contributed by atoms with Crippen LogP contribution >= 0.6 is 0 Å². The average molecular weight is 761 g/mol. The van der Waals surface area contributed by atoms with E-state index in [0.29, 0.717) is 25.7 Å². The molecule has 0 spiro atoms. The maximum Gasteiger partial charge on any atom is 0.246 e. The summed E-state index contributed by atoms with van der Waals surface area (Å²) in [6, 6.07) is 7.65. The van der Waals surface area contributed by atoms with E-state index >= 15 is 0 Å². The van der Waals surface area contributed by atoms with Gasteiger partial charge in [-0.05, 0) is 48.0 Å². The van der Waals surface area contributed by atoms with Crippen molar-refractivity contribution in [1.82, 2.24) is 20.2 Å². The third kappa shape index (κ3) is 11.0. The molecule has 2 aliphatic rings. The molecule has 1 N–H and O–H groups in total. The Morgan fingerprint density at radius 1 is 0.945 bits per heavy atom. The van der Waals surface area contributed by atoms with Crippen molar-refractivity contribution in [2.75, 3.05) is 20.4 Å². The third-order valence-corrected chi connectivity index (χ3v) is 11.4. The fraction of sp³-hybridized carbons (Fsp3) is 0.628. The Kier molecular flexibility index (Phi) is 15.5. The first kappa shape index (κ1) is 43.6. The second kappa shape index (κ2) is 19.6. The molecule has 8 atom stereocenters. The second-order valence-corrected chi connectivity index (χ2v) is 16.8. The molecule has 0 radical (unpaired) electrons. The molecular weight excluding hydrogens is 700 g/mol. The fourth-order valence-corrected chi connectivity index (χ4v) is 8.27. The first-order valence-corrected chi connectivity index (χ1v) is 19.7. The van der Waals surface area contributed by atoms with Crippen LogP contribution in [0.2, 0.25) is 0 Å². The van der Waals surface area contributed by atoms with E-state index in [-0.39, 0.29) is 79.6 Å². The number of nitrogens with zero attached hydrogens (tertiary/aromatic N) is 3. The Hall–Kier alpha value is -4.16. The van der Waals surface area contributed by atoms with E-state index in [1.807, 2.05) is 78.8 Å². The van der Waals surface area contributed by atoms with Crippen LogP contribution in [0.25, 0.3) is 0 Å². The Morgan fingerprint density at radius 2 is 1.65 bits per heavy atom. The van der Waals surface area contributed by atoms with E-state index in [1.54, 1.807) is 4.90 Å². The number of hydrogen-bond acceptors (Lipinski definition) is 10. The fourth-order valence-electron chi connectivity index (χ4n) is 8.27. The van der Waals surface area contributed by atoms with Crippen LogP contribution in [0.1, 0.15) is 115 Å². The maximum atomic E-state index is 14.8. The van der Waals surface area contributed by atoms with Crippen LogP contribution in [0.15, 0.2) is 48.9 Å². The highest BCUT2D eigenvalue weighted by atomic mass is 16.7. The van der Waals surface area contributed by atoms with Crippen molar-refractivity contribution >= 4 is 34.9 Å². The number of methoxy groups -OCH3 is 1. The summed E-state index contributed by atoms with van der Waals surface area (Å²) in [7, 11) is 1.54. The van der Waals surface area contributed by atoms with E-state index < -0.39 is 52.7 Å². The molecule has 2 fully saturated rings. The molecule has 1 aromatic heterocycles. The van der Waals surface area contributed by atoms with Crippen LogP contribution in [0.3, 0.4) is 0 Å². The number of likely N-dealkylation sites (tertiary alicyclic amines) is 1. The molecule has 1 saturated heterocycles. The number of hydrogen-bond donors (Lipinski definition) is 1. The van der Waals surface area contributed by atoms with Gasteiger partial charge in [0.1, 0.15) is 18.5 Å². The van der Waals surface area contributed by atoms with E-state index in [9.17, 15) is 28.8 Å². The number of aromatic nitrogens is 2. The van der Waals surface area contributed by atoms with Crippen LogP contribution in [0, 0.1) is 35.0 Å². The molecule has 4 rings (SSSR count). The van der Waals surface area contributed by atoms with Crippen molar-refractivity contribution in [2.45, 2.75) is 118 Å². The van der Waals surface area contributed by atoms with Gasteiger partial charge in [0.15, 0.2) is 17.3 Å². The number of fused-ring (bicyclic) bond motifs is 1. The van der Waals surface area contributed by atoms with Crippen LogP contribution in [-0.4, -0.2) is 88.5 Å². The van der Waals surface area contributed by atoms with Crippen LogP contribution in [0.4, 0.5) is 0 Å². The quantitative estimate of drug-likeness (QED) is 0.0994. The molecule has 2 aromatic rings. The number of ether oxygens (including phenoxy) is 2. The van der Waals surface area contributed by atoms with Crippen LogP contribution < -0.4 is 5.32 Å². The number of Topliss-reactive ketones (excluding diaryl/α,β-unsaturated/α-hetero) is 4. The largest absolute Gasteiger partial charge is 0.359 e. The Bertz CT molecular complexity index is 1640. The number of carbonyl (C=O) groups excluding carboxylic acids is 6. The monoisotopic (exact) mass is 760 g/mol. The third-order valence-electron chi connectivity index (χ3n) is 11.4. The van der Waals surface area contributed by atoms with E-state index in [2.05, 4.69) is 15.3 Å². The summed E-state index contributed by atoms with van der Waals surface area (Å²) in [6.45, 7) is 13.4. The topological polar surface area (TPSA) is 162 Å². The molecule has 1 aliphatic heterocycles. The highest BCUT2D eigenvalue weighted by molar-refractivity contribution is 6.38. The van der Waals surface area contributed by atoms with Gasteiger partial charge in [0.25, 0.3) is 0 Å². The van der Waals surface area contributed by atoms with Crippen molar-refractivity contribution in [1.29, 1.82) is 0 Å². The van der Waals surface area contributed by atoms with Gasteiger partial charge in [0.2, 0.25) is 17.6 Å². The summed E-state index contributed by atoms with van der Waals surface area (Å²) in [5.74, 6) is -4.83. The zero-order chi connectivity index (χ0) is 40.4. The highest BCUT2D eigenvalue weighted by Gasteiger charge is 2.55. The van der Waals surface area contributed by atoms with Gasteiger partial charge in [-0.1, -0.05) is 85.2 Å². The standard InChI is InChI=1S/C43H60N4O8/c1-9-13-29(39(51)36(50)20-27(4)28-14-11-10-12-15-28)21-35(49)38-30-16-17-37(55-25-54-8)32(30)24-47(38)42(53)40(43(5,6)7)46-41(52)31(26(2)3)22-34(48)33-23-44-18-19-45-33/h10-12,14-15,18-19,23,26-27,29-32,37-38,40H,9,13,16-17,20-22,24-25H2,1-8H3,(H,46,52)/t27-,29?,30-,31+,32?,37+,38-,40+/m0/s1. The number of rotatable bonds is 20. The van der Waals surface area contributed by atoms with E-state index in [0.717, 1.165) is 5.56 Å². The van der Waals surface area contributed by atoms with Gasteiger partial charge in [0, 0.05) is 63.1 Å². The predicted octanol–water partition coefficient (Wildman–Crippen LogP) is 5.79. The van der Waals surface area contributed by atoms with Crippen LogP contribution in [0.5, 0.6) is 0 Å². The number of ketones is 4. The van der Waals surface area contributed by atoms with E-state index in [4.69, 9.17) is 9.47 Å². The minimum Gasteiger partial charge on any atom is -0.359 e. The summed E-state index contributed by atoms with van der Waals surface area (Å²) in [4.78, 5) is 93.2. The molecule has 12 heteroatoms. The van der Waals surface area contributed by atoms with Gasteiger partial charge in [-0.2, -0.15) is 0 Å². The lowest BCUT2D eigenvalue weighted by Gasteiger charge is -2.37. The van der Waals surface area contributed by atoms with E-state index in [1.165, 1.54) is 25.7 Å². The molecular formula is C43H60N4O8. The number of carbonyl (C=O) groups is 6. The Balaban J connectivity index is 1.59. The normalized spacial score (nSPS) is 21.7. The summed E-state index contributed by atoms with van der Waals surface area (Å²) in [5.41, 5.74) is 0.344. The smallest absolute Gasteiger partial charge is 0.246 e. The van der Waals surface area contributed by atoms with Gasteiger partial charge in [-0.15, -0.1) is 0 Å². The molecule has 0 bridgehead atoms. The zero-order valence-electron chi connectivity index (χ0n) is 33.8. The highest BCUT2D eigenvalue weighted by Crippen LogP contribution is 2.45. The van der Waals surface area contributed by atoms with Gasteiger partial charge in [-0.3, -0.25) is 33.8 Å². The Labute approximate surface area is 325 Å². The molecule has 2 amide bonds. The minimum atomic E-state index is -1.03. The molecule has 1 saturated carbocycles. The number of nitrogens with one attached hydrogen (secondary N) is 1. The lowest BCUT2D eigenvalue weighted by atomic mass is 9.82. The SMILES string of the molecule is CCCC(CC(=O)[C@@H]1[C@H]2CC[C@@H](OCOC)C2CN1C(=O)[C@@H](NC(=O)[C@H](CC(=O)c1cnccn1)C(C)C)C(C)(C)C)C(=O)C(=O)C[C@H](C)c1ccccc1. The number of benzene rings is 1. The summed E-state index contributed by atoms with van der Waals surface area (Å²) in [6.07, 6.45) is 6.07. The zero-order valence-corrected chi connectivity index (χ0v) is 33.8. The maximum absolute atomic E-state index is 14.8. The second-order valence-electron chi connectivity index (χ2n) is 16.8. The Morgan fingerprint density at radius 3 is 2.25 bits per heavy atom. The summed E-state index contributed by atoms with van der Waals surface area (Å²) >= 11 is 0. The molecule has 1 aliphatic carbocycles. The van der Waals surface area contributed by atoms with Gasteiger partial charge >= 0.3 is 0 Å². The molecule has 1 aromatic carbocycles. The number of amides is 2. The summed E-state index contributed by atoms with van der Waals surface area (Å²) < 4.78 is 11.2. The van der Waals surface area contributed by atoms with Crippen molar-refractivity contribution in [3.8, 4) is 0 Å². The van der Waals surface area contributed by atoms with Gasteiger partial charge in [0.05, 0.1) is 18.3 Å². The van der Waals surface area contributed by atoms with Crippen molar-refractivity contribution in [3.63, 3.8) is 0 Å². The predicted molar refractivity (Wildman–Crippen MR) is 207 cm³/mol. The molecule has 300 valence electrons. The van der Waals surface area contributed by atoms with Crippen LogP contribution in [-0.2, 0) is 33.4 Å². The molecule has 2 unspecified atom stereocenters. The lowest BCUT2D eigenvalue weighted by molar-refractivity contribution is -0.146. The first-order chi connectivity index (χ1) is 26.1. The van der Waals surface area contributed by atoms with Crippen molar-refractivity contribution < 1.29 is 38.2 Å². The van der Waals surface area contributed by atoms with Gasteiger partial charge < -0.3 is 19.7 Å². The lowest BCUT2D eigenvalue weighted by Crippen LogP contribution is -2.58. The van der Waals surface area contributed by atoms with Crippen molar-refractivity contribution in [3.05, 3.63) is 60.2 Å². The summed E-state index contributed by atoms with van der Waals surface area (Å²) in [5, 5.41) is 2.99. The van der Waals surface area contributed by atoms with Gasteiger partial charge in [-0.25, -0.2) is 4.98 Å². The first-order valence-electron chi connectivity index (χ1n) is 19.7. The minimum absolute atomic E-state index is 0.0448.